The van der Waals surface area contributed by atoms with Crippen LogP contribution in [0, 0.1) is 12.8 Å². The number of rotatable bonds is 2. The predicted molar refractivity (Wildman–Crippen MR) is 87.0 cm³/mol. The van der Waals surface area contributed by atoms with Crippen molar-refractivity contribution in [2.75, 3.05) is 42.6 Å². The number of nitrogens with zero attached hydrogens (tertiary/aromatic N) is 3. The van der Waals surface area contributed by atoms with E-state index in [1.807, 2.05) is 17.2 Å². The van der Waals surface area contributed by atoms with E-state index in [2.05, 4.69) is 9.88 Å². The number of amides is 1. The Hall–Kier alpha value is -1.15. The van der Waals surface area contributed by atoms with Gasteiger partial charge in [0, 0.05) is 31.6 Å². The minimum absolute atomic E-state index is 0.0123. The third kappa shape index (κ3) is 3.43. The number of anilines is 1. The van der Waals surface area contributed by atoms with Crippen molar-refractivity contribution in [1.29, 1.82) is 0 Å². The highest BCUT2D eigenvalue weighted by Gasteiger charge is 2.35. The molecule has 0 aliphatic carbocycles. The summed E-state index contributed by atoms with van der Waals surface area (Å²) in [6, 6.07) is 0. The lowest BCUT2D eigenvalue weighted by molar-refractivity contribution is -0.134. The van der Waals surface area contributed by atoms with Gasteiger partial charge in [0.05, 0.1) is 23.1 Å². The van der Waals surface area contributed by atoms with Gasteiger partial charge in [-0.3, -0.25) is 4.79 Å². The van der Waals surface area contributed by atoms with E-state index in [4.69, 9.17) is 0 Å². The molecule has 0 radical (unpaired) electrons. The molecule has 122 valence electrons. The molecule has 1 aromatic rings. The Labute approximate surface area is 135 Å². The van der Waals surface area contributed by atoms with Crippen LogP contribution in [-0.2, 0) is 14.6 Å². The Morgan fingerprint density at radius 1 is 1.32 bits per heavy atom. The molecule has 0 N–H and O–H groups in total. The molecular formula is C14H21N3O3S2. The first-order valence-electron chi connectivity index (χ1n) is 7.61. The molecular weight excluding hydrogens is 322 g/mol. The summed E-state index contributed by atoms with van der Waals surface area (Å²) in [6.45, 7) is 4.98. The highest BCUT2D eigenvalue weighted by atomic mass is 32.2. The molecule has 1 amide bonds. The lowest BCUT2D eigenvalue weighted by Gasteiger charge is -2.24. The quantitative estimate of drug-likeness (QED) is 0.799. The molecule has 1 aromatic heterocycles. The molecule has 0 unspecified atom stereocenters. The fourth-order valence-corrected chi connectivity index (χ4v) is 5.65. The zero-order valence-corrected chi connectivity index (χ0v) is 14.3. The first kappa shape index (κ1) is 15.7. The van der Waals surface area contributed by atoms with E-state index in [1.165, 1.54) is 0 Å². The van der Waals surface area contributed by atoms with Crippen molar-refractivity contribution in [3.05, 3.63) is 11.1 Å². The number of hydrogen-bond donors (Lipinski definition) is 0. The van der Waals surface area contributed by atoms with Crippen LogP contribution in [-0.4, -0.2) is 61.9 Å². The standard InChI is InChI=1S/C14H21N3O3S2/c1-11-9-21-14(15-11)17-5-2-4-16(6-7-17)13(18)12-3-8-22(19,20)10-12/h9,12H,2-8,10H2,1H3/t12-/m1/s1. The molecule has 6 nitrogen and oxygen atoms in total. The van der Waals surface area contributed by atoms with Gasteiger partial charge in [0.1, 0.15) is 0 Å². The van der Waals surface area contributed by atoms with Crippen molar-refractivity contribution in [3.63, 3.8) is 0 Å². The number of aromatic nitrogens is 1. The maximum Gasteiger partial charge on any atom is 0.226 e. The summed E-state index contributed by atoms with van der Waals surface area (Å²) >= 11 is 1.63. The SMILES string of the molecule is Cc1csc(N2CCCN(C(=O)[C@@H]3CCS(=O)(=O)C3)CC2)n1. The summed E-state index contributed by atoms with van der Waals surface area (Å²) in [4.78, 5) is 21.1. The molecule has 1 atom stereocenters. The van der Waals surface area contributed by atoms with Crippen LogP contribution < -0.4 is 4.90 Å². The molecule has 2 fully saturated rings. The maximum atomic E-state index is 12.5. The van der Waals surface area contributed by atoms with E-state index in [9.17, 15) is 13.2 Å². The zero-order valence-electron chi connectivity index (χ0n) is 12.7. The number of carbonyl (C=O) groups is 1. The van der Waals surface area contributed by atoms with Crippen molar-refractivity contribution >= 4 is 32.2 Å². The van der Waals surface area contributed by atoms with E-state index >= 15 is 0 Å². The topological polar surface area (TPSA) is 70.6 Å². The third-order valence-corrected chi connectivity index (χ3v) is 7.05. The minimum atomic E-state index is -3.01. The first-order chi connectivity index (χ1) is 10.4. The van der Waals surface area contributed by atoms with Gasteiger partial charge in [-0.2, -0.15) is 0 Å². The number of carbonyl (C=O) groups excluding carboxylic acids is 1. The normalized spacial score (nSPS) is 25.2. The second-order valence-electron chi connectivity index (χ2n) is 6.04. The van der Waals surface area contributed by atoms with Gasteiger partial charge in [-0.25, -0.2) is 13.4 Å². The van der Waals surface area contributed by atoms with Crippen molar-refractivity contribution in [2.24, 2.45) is 5.92 Å². The van der Waals surface area contributed by atoms with Crippen LogP contribution in [0.1, 0.15) is 18.5 Å². The van der Waals surface area contributed by atoms with Gasteiger partial charge in [0.2, 0.25) is 5.91 Å². The van der Waals surface area contributed by atoms with Crippen LogP contribution in [0.2, 0.25) is 0 Å². The Kier molecular flexibility index (Phi) is 4.40. The highest BCUT2D eigenvalue weighted by molar-refractivity contribution is 7.91. The van der Waals surface area contributed by atoms with Crippen LogP contribution in [0.3, 0.4) is 0 Å². The van der Waals surface area contributed by atoms with Gasteiger partial charge >= 0.3 is 0 Å². The Bertz CT molecular complexity index is 656. The van der Waals surface area contributed by atoms with Gasteiger partial charge < -0.3 is 9.80 Å². The van der Waals surface area contributed by atoms with Crippen molar-refractivity contribution in [2.45, 2.75) is 19.8 Å². The molecule has 2 aliphatic rings. The van der Waals surface area contributed by atoms with Crippen LogP contribution in [0.4, 0.5) is 5.13 Å². The summed E-state index contributed by atoms with van der Waals surface area (Å²) < 4.78 is 23.1. The zero-order chi connectivity index (χ0) is 15.7. The fraction of sp³-hybridized carbons (Fsp3) is 0.714. The van der Waals surface area contributed by atoms with Gasteiger partial charge in [0.25, 0.3) is 0 Å². The molecule has 0 bridgehead atoms. The predicted octanol–water partition coefficient (Wildman–Crippen LogP) is 0.925. The summed E-state index contributed by atoms with van der Waals surface area (Å²) in [5.41, 5.74) is 1.02. The fourth-order valence-electron chi connectivity index (χ4n) is 3.06. The molecule has 0 aromatic carbocycles. The summed E-state index contributed by atoms with van der Waals surface area (Å²) in [7, 11) is -3.01. The molecule has 22 heavy (non-hydrogen) atoms. The Morgan fingerprint density at radius 2 is 2.14 bits per heavy atom. The van der Waals surface area contributed by atoms with Crippen molar-refractivity contribution in [3.8, 4) is 0 Å². The van der Waals surface area contributed by atoms with E-state index in [0.717, 1.165) is 30.3 Å². The van der Waals surface area contributed by atoms with Gasteiger partial charge in [-0.1, -0.05) is 0 Å². The smallest absolute Gasteiger partial charge is 0.226 e. The van der Waals surface area contributed by atoms with Gasteiger partial charge in [-0.15, -0.1) is 11.3 Å². The van der Waals surface area contributed by atoms with E-state index in [0.29, 0.717) is 19.5 Å². The second-order valence-corrected chi connectivity index (χ2v) is 9.10. The van der Waals surface area contributed by atoms with Crippen molar-refractivity contribution < 1.29 is 13.2 Å². The molecule has 0 spiro atoms. The first-order valence-corrected chi connectivity index (χ1v) is 10.3. The summed E-state index contributed by atoms with van der Waals surface area (Å²) in [6.07, 6.45) is 1.37. The summed E-state index contributed by atoms with van der Waals surface area (Å²) in [5.74, 6) is -0.142. The largest absolute Gasteiger partial charge is 0.346 e. The molecule has 0 saturated carbocycles. The second kappa shape index (κ2) is 6.16. The van der Waals surface area contributed by atoms with Crippen molar-refractivity contribution in [1.82, 2.24) is 9.88 Å². The Balaban J connectivity index is 1.62. The molecule has 3 heterocycles. The van der Waals surface area contributed by atoms with E-state index in [1.54, 1.807) is 11.3 Å². The molecule has 2 aliphatic heterocycles. The van der Waals surface area contributed by atoms with E-state index in [-0.39, 0.29) is 23.3 Å². The van der Waals surface area contributed by atoms with Crippen LogP contribution in [0.15, 0.2) is 5.38 Å². The number of aryl methyl sites for hydroxylation is 1. The average molecular weight is 343 g/mol. The number of hydrogen-bond acceptors (Lipinski definition) is 6. The molecule has 2 saturated heterocycles. The maximum absolute atomic E-state index is 12.5. The third-order valence-electron chi connectivity index (χ3n) is 4.27. The number of thiazole rings is 1. The van der Waals surface area contributed by atoms with E-state index < -0.39 is 9.84 Å². The lowest BCUT2D eigenvalue weighted by atomic mass is 10.1. The Morgan fingerprint density at radius 3 is 2.77 bits per heavy atom. The van der Waals surface area contributed by atoms with Gasteiger partial charge in [0.15, 0.2) is 15.0 Å². The van der Waals surface area contributed by atoms with Crippen LogP contribution >= 0.6 is 11.3 Å². The molecule has 3 rings (SSSR count). The average Bonchev–Trinajstić information content (AvgIpc) is 2.96. The van der Waals surface area contributed by atoms with Gasteiger partial charge in [-0.05, 0) is 19.8 Å². The summed E-state index contributed by atoms with van der Waals surface area (Å²) in [5, 5.41) is 3.04. The highest BCUT2D eigenvalue weighted by Crippen LogP contribution is 2.24. The van der Waals surface area contributed by atoms with Crippen LogP contribution in [0.5, 0.6) is 0 Å². The molecule has 8 heteroatoms. The minimum Gasteiger partial charge on any atom is -0.346 e. The lowest BCUT2D eigenvalue weighted by Crippen LogP contribution is -2.39. The monoisotopic (exact) mass is 343 g/mol. The van der Waals surface area contributed by atoms with Crippen LogP contribution in [0.25, 0.3) is 0 Å². The number of sulfone groups is 1.